The summed E-state index contributed by atoms with van der Waals surface area (Å²) in [7, 11) is 2.03. The summed E-state index contributed by atoms with van der Waals surface area (Å²) in [5.74, 6) is 3.56. The second-order valence-corrected chi connectivity index (χ2v) is 6.13. The van der Waals surface area contributed by atoms with Gasteiger partial charge in [-0.15, -0.1) is 22.6 Å². The fourth-order valence-electron chi connectivity index (χ4n) is 2.50. The lowest BCUT2D eigenvalue weighted by molar-refractivity contribution is 0.378. The number of hydrogen-bond donors (Lipinski definition) is 1. The molecule has 2 aromatic heterocycles. The lowest BCUT2D eigenvalue weighted by Gasteiger charge is -2.21. The maximum absolute atomic E-state index is 5.11. The Kier molecular flexibility index (Phi) is 6.22. The lowest BCUT2D eigenvalue weighted by atomic mass is 9.99. The van der Waals surface area contributed by atoms with Gasteiger partial charge in [-0.2, -0.15) is 4.98 Å². The van der Waals surface area contributed by atoms with Crippen molar-refractivity contribution in [2.75, 3.05) is 13.1 Å². The molecule has 2 aromatic rings. The maximum Gasteiger partial charge on any atom is 0.226 e. The molecule has 9 heteroatoms. The third-order valence-corrected chi connectivity index (χ3v) is 4.69. The molecule has 0 aromatic carbocycles. The van der Waals surface area contributed by atoms with Gasteiger partial charge < -0.3 is 14.4 Å². The number of hydrogen-bond acceptors (Lipinski definition) is 7. The SMILES string of the molecule is CCc1nc(CSc2nnc(C3CCCNC3)n2C)no1.Cl. The van der Waals surface area contributed by atoms with E-state index in [9.17, 15) is 0 Å². The van der Waals surface area contributed by atoms with Gasteiger partial charge in [-0.3, -0.25) is 0 Å². The Hall–Kier alpha value is -1.12. The molecular weight excluding hydrogens is 324 g/mol. The number of aromatic nitrogens is 5. The Morgan fingerprint density at radius 1 is 1.41 bits per heavy atom. The van der Waals surface area contributed by atoms with Gasteiger partial charge in [0.05, 0.1) is 5.75 Å². The predicted molar refractivity (Wildman–Crippen MR) is 86.3 cm³/mol. The fourth-order valence-corrected chi connectivity index (χ4v) is 3.26. The third-order valence-electron chi connectivity index (χ3n) is 3.67. The second kappa shape index (κ2) is 7.94. The molecule has 122 valence electrons. The normalized spacial score (nSPS) is 18.2. The van der Waals surface area contributed by atoms with Crippen LogP contribution in [-0.4, -0.2) is 38.0 Å². The van der Waals surface area contributed by atoms with Crippen LogP contribution in [0, 0.1) is 0 Å². The van der Waals surface area contributed by atoms with Crippen LogP contribution in [-0.2, 0) is 19.2 Å². The van der Waals surface area contributed by atoms with Crippen LogP contribution >= 0.6 is 24.2 Å². The summed E-state index contributed by atoms with van der Waals surface area (Å²) >= 11 is 1.59. The molecule has 1 aliphatic rings. The van der Waals surface area contributed by atoms with Gasteiger partial charge in [0.2, 0.25) is 5.89 Å². The first-order chi connectivity index (χ1) is 10.3. The monoisotopic (exact) mass is 344 g/mol. The third kappa shape index (κ3) is 3.80. The van der Waals surface area contributed by atoms with Crippen molar-refractivity contribution in [2.45, 2.75) is 43.0 Å². The summed E-state index contributed by atoms with van der Waals surface area (Å²) in [5.41, 5.74) is 0. The highest BCUT2D eigenvalue weighted by molar-refractivity contribution is 7.98. The summed E-state index contributed by atoms with van der Waals surface area (Å²) in [6, 6.07) is 0. The highest BCUT2D eigenvalue weighted by Crippen LogP contribution is 2.26. The smallest absolute Gasteiger partial charge is 0.226 e. The molecule has 0 spiro atoms. The molecule has 1 fully saturated rings. The average Bonchev–Trinajstić information content (AvgIpc) is 3.13. The van der Waals surface area contributed by atoms with E-state index in [0.717, 1.165) is 30.5 Å². The molecule has 22 heavy (non-hydrogen) atoms. The minimum absolute atomic E-state index is 0. The second-order valence-electron chi connectivity index (χ2n) is 5.19. The van der Waals surface area contributed by atoms with Gasteiger partial charge in [0.15, 0.2) is 11.0 Å². The molecule has 1 N–H and O–H groups in total. The van der Waals surface area contributed by atoms with Crippen molar-refractivity contribution in [2.24, 2.45) is 7.05 Å². The fraction of sp³-hybridized carbons (Fsp3) is 0.692. The summed E-state index contributed by atoms with van der Waals surface area (Å²) < 4.78 is 7.19. The zero-order valence-corrected chi connectivity index (χ0v) is 14.4. The summed E-state index contributed by atoms with van der Waals surface area (Å²) in [5, 5.41) is 16.9. The molecule has 7 nitrogen and oxygen atoms in total. The maximum atomic E-state index is 5.11. The highest BCUT2D eigenvalue weighted by atomic mass is 35.5. The van der Waals surface area contributed by atoms with Crippen LogP contribution < -0.4 is 5.32 Å². The van der Waals surface area contributed by atoms with E-state index in [0.29, 0.717) is 23.4 Å². The molecule has 3 heterocycles. The Morgan fingerprint density at radius 2 is 2.27 bits per heavy atom. The molecule has 0 radical (unpaired) electrons. The van der Waals surface area contributed by atoms with Crippen molar-refractivity contribution in [1.29, 1.82) is 0 Å². The Labute approximate surface area is 140 Å². The molecule has 1 unspecified atom stereocenters. The van der Waals surface area contributed by atoms with Crippen LogP contribution in [0.3, 0.4) is 0 Å². The molecule has 1 atom stereocenters. The van der Waals surface area contributed by atoms with E-state index in [1.54, 1.807) is 11.8 Å². The predicted octanol–water partition coefficient (Wildman–Crippen LogP) is 1.94. The van der Waals surface area contributed by atoms with Gasteiger partial charge >= 0.3 is 0 Å². The van der Waals surface area contributed by atoms with Crippen LogP contribution in [0.5, 0.6) is 0 Å². The number of rotatable bonds is 5. The minimum atomic E-state index is 0. The van der Waals surface area contributed by atoms with Crippen LogP contribution in [0.4, 0.5) is 0 Å². The van der Waals surface area contributed by atoms with Crippen molar-refractivity contribution in [1.82, 2.24) is 30.2 Å². The number of nitrogens with zero attached hydrogens (tertiary/aromatic N) is 5. The molecule has 0 bridgehead atoms. The average molecular weight is 345 g/mol. The van der Waals surface area contributed by atoms with E-state index in [-0.39, 0.29) is 12.4 Å². The number of aryl methyl sites for hydroxylation is 1. The van der Waals surface area contributed by atoms with E-state index in [1.165, 1.54) is 12.8 Å². The minimum Gasteiger partial charge on any atom is -0.339 e. The Bertz CT molecular complexity index is 595. The van der Waals surface area contributed by atoms with Crippen LogP contribution in [0.2, 0.25) is 0 Å². The van der Waals surface area contributed by atoms with E-state index >= 15 is 0 Å². The number of nitrogens with one attached hydrogen (secondary N) is 1. The molecule has 3 rings (SSSR count). The quantitative estimate of drug-likeness (QED) is 0.830. The van der Waals surface area contributed by atoms with Gasteiger partial charge in [0.25, 0.3) is 0 Å². The Balaban J connectivity index is 0.00000176. The largest absolute Gasteiger partial charge is 0.339 e. The standard InChI is InChI=1S/C13H20N6OS.ClH/c1-3-11-15-10(18-20-11)8-21-13-17-16-12(19(13)2)9-5-4-6-14-7-9;/h9,14H,3-8H2,1-2H3;1H. The first-order valence-corrected chi connectivity index (χ1v) is 8.30. The van der Waals surface area contributed by atoms with E-state index in [4.69, 9.17) is 4.52 Å². The van der Waals surface area contributed by atoms with E-state index in [2.05, 4.69) is 30.2 Å². The van der Waals surface area contributed by atoms with Gasteiger partial charge in [0.1, 0.15) is 5.82 Å². The van der Waals surface area contributed by atoms with Crippen LogP contribution in [0.15, 0.2) is 9.68 Å². The summed E-state index contributed by atoms with van der Waals surface area (Å²) in [6.07, 6.45) is 3.14. The first kappa shape index (κ1) is 17.2. The number of piperidine rings is 1. The van der Waals surface area contributed by atoms with E-state index in [1.807, 2.05) is 14.0 Å². The van der Waals surface area contributed by atoms with Crippen molar-refractivity contribution in [3.8, 4) is 0 Å². The highest BCUT2D eigenvalue weighted by Gasteiger charge is 2.21. The number of halogens is 1. The van der Waals surface area contributed by atoms with Crippen molar-refractivity contribution < 1.29 is 4.52 Å². The van der Waals surface area contributed by atoms with Crippen molar-refractivity contribution >= 4 is 24.2 Å². The molecule has 0 saturated carbocycles. The zero-order chi connectivity index (χ0) is 14.7. The molecule has 1 saturated heterocycles. The summed E-state index contributed by atoms with van der Waals surface area (Å²) in [6.45, 7) is 4.09. The first-order valence-electron chi connectivity index (χ1n) is 7.32. The van der Waals surface area contributed by atoms with Gasteiger partial charge in [0, 0.05) is 25.9 Å². The molecule has 0 aliphatic carbocycles. The van der Waals surface area contributed by atoms with Crippen molar-refractivity contribution in [3.05, 3.63) is 17.5 Å². The molecule has 0 amide bonds. The Morgan fingerprint density at radius 3 is 2.95 bits per heavy atom. The summed E-state index contributed by atoms with van der Waals surface area (Å²) in [4.78, 5) is 4.30. The van der Waals surface area contributed by atoms with Crippen molar-refractivity contribution in [3.63, 3.8) is 0 Å². The van der Waals surface area contributed by atoms with Crippen LogP contribution in [0.25, 0.3) is 0 Å². The molecule has 1 aliphatic heterocycles. The number of thioether (sulfide) groups is 1. The van der Waals surface area contributed by atoms with Gasteiger partial charge in [-0.05, 0) is 19.4 Å². The van der Waals surface area contributed by atoms with Gasteiger partial charge in [-0.1, -0.05) is 23.8 Å². The van der Waals surface area contributed by atoms with E-state index < -0.39 is 0 Å². The zero-order valence-electron chi connectivity index (χ0n) is 12.8. The van der Waals surface area contributed by atoms with Gasteiger partial charge in [-0.25, -0.2) is 0 Å². The molecular formula is C13H21ClN6OS. The lowest BCUT2D eigenvalue weighted by Crippen LogP contribution is -2.29. The topological polar surface area (TPSA) is 81.7 Å². The van der Waals surface area contributed by atoms with Crippen LogP contribution in [0.1, 0.15) is 43.2 Å².